The molecule has 0 spiro atoms. The molecule has 148 valence electrons. The van der Waals surface area contributed by atoms with Gasteiger partial charge in [0.15, 0.2) is 0 Å². The number of hydrogen-bond acceptors (Lipinski definition) is 5. The van der Waals surface area contributed by atoms with Crippen LogP contribution >= 0.6 is 0 Å². The van der Waals surface area contributed by atoms with Gasteiger partial charge in [-0.1, -0.05) is 24.3 Å². The molecule has 3 rings (SSSR count). The number of carbonyl (C=O) groups excluding carboxylic acids is 2. The maximum Gasteiger partial charge on any atom is 0.326 e. The number of carboxylic acids is 1. The Labute approximate surface area is 162 Å². The minimum Gasteiger partial charge on any atom is -0.497 e. The van der Waals surface area contributed by atoms with Crippen molar-refractivity contribution in [3.05, 3.63) is 42.0 Å². The third-order valence-corrected chi connectivity index (χ3v) is 5.16. The van der Waals surface area contributed by atoms with Crippen molar-refractivity contribution in [1.29, 1.82) is 0 Å². The number of rotatable bonds is 5. The Morgan fingerprint density at radius 3 is 2.43 bits per heavy atom. The number of nitrogens with zero attached hydrogens (tertiary/aromatic N) is 1. The van der Waals surface area contributed by atoms with Crippen LogP contribution in [0, 0.1) is 0 Å². The molecule has 7 nitrogen and oxygen atoms in total. The predicted molar refractivity (Wildman–Crippen MR) is 102 cm³/mol. The molecule has 0 saturated carbocycles. The predicted octanol–water partition coefficient (Wildman–Crippen LogP) is 2.57. The number of benzene rings is 2. The van der Waals surface area contributed by atoms with Gasteiger partial charge in [0.05, 0.1) is 19.6 Å². The number of esters is 1. The molecule has 1 amide bonds. The molecule has 2 aromatic rings. The van der Waals surface area contributed by atoms with E-state index in [2.05, 4.69) is 0 Å². The topological polar surface area (TPSA) is 93.1 Å². The molecule has 1 N–H and O–H groups in total. The summed E-state index contributed by atoms with van der Waals surface area (Å²) >= 11 is 0. The largest absolute Gasteiger partial charge is 0.497 e. The zero-order chi connectivity index (χ0) is 20.4. The van der Waals surface area contributed by atoms with E-state index in [9.17, 15) is 19.5 Å². The second-order valence-electron chi connectivity index (χ2n) is 7.01. The summed E-state index contributed by atoms with van der Waals surface area (Å²) in [4.78, 5) is 36.8. The highest BCUT2D eigenvalue weighted by molar-refractivity contribution is 5.87. The average Bonchev–Trinajstić information content (AvgIpc) is 3.11. The fraction of sp³-hybridized carbons (Fsp3) is 0.381. The maximum absolute atomic E-state index is 12.6. The first-order valence-electron chi connectivity index (χ1n) is 9.08. The van der Waals surface area contributed by atoms with Crippen molar-refractivity contribution >= 4 is 28.6 Å². The second-order valence-corrected chi connectivity index (χ2v) is 7.01. The van der Waals surface area contributed by atoms with Crippen molar-refractivity contribution in [2.24, 2.45) is 0 Å². The summed E-state index contributed by atoms with van der Waals surface area (Å²) in [5.41, 5.74) is 0.805. The standard InChI is InChI=1S/C21H23NO6/c1-12(14-4-5-16-9-17(27-3)7-6-15(16)8-14)21(26)28-18-10-19(20(24)25)22(11-18)13(2)23/h4-9,12,18-19H,10-11H2,1-3H3,(H,24,25). The lowest BCUT2D eigenvalue weighted by Crippen LogP contribution is -2.39. The Morgan fingerprint density at radius 1 is 1.14 bits per heavy atom. The van der Waals surface area contributed by atoms with Crippen molar-refractivity contribution in [3.63, 3.8) is 0 Å². The number of methoxy groups -OCH3 is 1. The van der Waals surface area contributed by atoms with Gasteiger partial charge in [0.1, 0.15) is 17.9 Å². The zero-order valence-corrected chi connectivity index (χ0v) is 16.0. The number of aliphatic carboxylic acids is 1. The Kier molecular flexibility index (Phi) is 5.53. The van der Waals surface area contributed by atoms with E-state index < -0.39 is 30.0 Å². The molecule has 0 bridgehead atoms. The van der Waals surface area contributed by atoms with Gasteiger partial charge in [-0.3, -0.25) is 9.59 Å². The van der Waals surface area contributed by atoms with Crippen LogP contribution < -0.4 is 4.74 Å². The molecule has 1 fully saturated rings. The number of fused-ring (bicyclic) bond motifs is 1. The first-order chi connectivity index (χ1) is 13.3. The lowest BCUT2D eigenvalue weighted by Gasteiger charge is -2.19. The maximum atomic E-state index is 12.6. The lowest BCUT2D eigenvalue weighted by atomic mass is 9.97. The highest BCUT2D eigenvalue weighted by Crippen LogP contribution is 2.27. The molecule has 0 aliphatic carbocycles. The van der Waals surface area contributed by atoms with Crippen molar-refractivity contribution in [1.82, 2.24) is 4.90 Å². The van der Waals surface area contributed by atoms with E-state index in [0.29, 0.717) is 0 Å². The first kappa shape index (κ1) is 19.7. The number of carboxylic acid groups (broad SMARTS) is 1. The van der Waals surface area contributed by atoms with Crippen LogP contribution in [0.4, 0.5) is 0 Å². The summed E-state index contributed by atoms with van der Waals surface area (Å²) in [7, 11) is 1.61. The summed E-state index contributed by atoms with van der Waals surface area (Å²) in [6, 6.07) is 10.5. The molecule has 1 heterocycles. The molecule has 7 heteroatoms. The highest BCUT2D eigenvalue weighted by Gasteiger charge is 2.40. The van der Waals surface area contributed by atoms with Gasteiger partial charge >= 0.3 is 11.9 Å². The van der Waals surface area contributed by atoms with Crippen LogP contribution in [0.25, 0.3) is 10.8 Å². The van der Waals surface area contributed by atoms with E-state index in [1.807, 2.05) is 36.4 Å². The Hall–Kier alpha value is -3.09. The molecule has 1 aliphatic heterocycles. The number of likely N-dealkylation sites (tertiary alicyclic amines) is 1. The Bertz CT molecular complexity index is 902. The van der Waals surface area contributed by atoms with Crippen LogP contribution in [-0.2, 0) is 19.1 Å². The monoisotopic (exact) mass is 385 g/mol. The van der Waals surface area contributed by atoms with Gasteiger partial charge in [-0.25, -0.2) is 4.79 Å². The van der Waals surface area contributed by atoms with Gasteiger partial charge in [0, 0.05) is 13.3 Å². The minimum atomic E-state index is -1.09. The molecule has 3 atom stereocenters. The Balaban J connectivity index is 1.71. The molecule has 1 aliphatic rings. The zero-order valence-electron chi connectivity index (χ0n) is 16.0. The lowest BCUT2D eigenvalue weighted by molar-refractivity contribution is -0.150. The third kappa shape index (κ3) is 3.93. The molecule has 0 radical (unpaired) electrons. The van der Waals surface area contributed by atoms with Gasteiger partial charge in [-0.05, 0) is 35.4 Å². The summed E-state index contributed by atoms with van der Waals surface area (Å²) < 4.78 is 10.7. The van der Waals surface area contributed by atoms with Crippen LogP contribution in [0.2, 0.25) is 0 Å². The van der Waals surface area contributed by atoms with Gasteiger partial charge in [0.2, 0.25) is 5.91 Å². The molecule has 28 heavy (non-hydrogen) atoms. The fourth-order valence-corrected chi connectivity index (χ4v) is 3.51. The number of hydrogen-bond donors (Lipinski definition) is 1. The third-order valence-electron chi connectivity index (χ3n) is 5.16. The van der Waals surface area contributed by atoms with Crippen LogP contribution in [-0.4, -0.2) is 53.7 Å². The molecule has 0 aromatic heterocycles. The number of ether oxygens (including phenoxy) is 2. The summed E-state index contributed by atoms with van der Waals surface area (Å²) in [6.07, 6.45) is -0.519. The summed E-state index contributed by atoms with van der Waals surface area (Å²) in [5.74, 6) is -1.62. The van der Waals surface area contributed by atoms with E-state index in [1.165, 1.54) is 11.8 Å². The van der Waals surface area contributed by atoms with Gasteiger partial charge < -0.3 is 19.5 Å². The molecule has 1 saturated heterocycles. The Morgan fingerprint density at radius 2 is 1.82 bits per heavy atom. The van der Waals surface area contributed by atoms with Gasteiger partial charge in [-0.2, -0.15) is 0 Å². The van der Waals surface area contributed by atoms with Crippen LogP contribution in [0.1, 0.15) is 31.7 Å². The minimum absolute atomic E-state index is 0.0995. The van der Waals surface area contributed by atoms with Crippen molar-refractivity contribution in [2.45, 2.75) is 38.3 Å². The van der Waals surface area contributed by atoms with Gasteiger partial charge in [-0.15, -0.1) is 0 Å². The van der Waals surface area contributed by atoms with E-state index in [1.54, 1.807) is 14.0 Å². The quantitative estimate of drug-likeness (QED) is 0.795. The smallest absolute Gasteiger partial charge is 0.326 e. The molecule has 2 aromatic carbocycles. The molecular formula is C21H23NO6. The normalized spacial score (nSPS) is 20.0. The van der Waals surface area contributed by atoms with Crippen molar-refractivity contribution in [3.8, 4) is 5.75 Å². The van der Waals surface area contributed by atoms with Gasteiger partial charge in [0.25, 0.3) is 0 Å². The first-order valence-corrected chi connectivity index (χ1v) is 9.08. The van der Waals surface area contributed by atoms with Crippen molar-refractivity contribution < 1.29 is 29.0 Å². The van der Waals surface area contributed by atoms with Crippen molar-refractivity contribution in [2.75, 3.05) is 13.7 Å². The van der Waals surface area contributed by atoms with E-state index in [0.717, 1.165) is 22.1 Å². The summed E-state index contributed by atoms with van der Waals surface area (Å²) in [5, 5.41) is 11.2. The van der Waals surface area contributed by atoms with E-state index in [-0.39, 0.29) is 18.9 Å². The highest BCUT2D eigenvalue weighted by atomic mass is 16.5. The van der Waals surface area contributed by atoms with Crippen LogP contribution in [0.3, 0.4) is 0 Å². The van der Waals surface area contributed by atoms with E-state index >= 15 is 0 Å². The second kappa shape index (κ2) is 7.88. The molecule has 3 unspecified atom stereocenters. The SMILES string of the molecule is COc1ccc2cc(C(C)C(=O)OC3CC(C(=O)O)N(C(C)=O)C3)ccc2c1. The average molecular weight is 385 g/mol. The van der Waals surface area contributed by atoms with E-state index in [4.69, 9.17) is 9.47 Å². The van der Waals surface area contributed by atoms with Crippen LogP contribution in [0.5, 0.6) is 5.75 Å². The fourth-order valence-electron chi connectivity index (χ4n) is 3.51. The van der Waals surface area contributed by atoms with Crippen LogP contribution in [0.15, 0.2) is 36.4 Å². The number of amides is 1. The molecular weight excluding hydrogens is 362 g/mol. The summed E-state index contributed by atoms with van der Waals surface area (Å²) in [6.45, 7) is 3.16. The number of carbonyl (C=O) groups is 3.